The number of esters is 2. The van der Waals surface area contributed by atoms with Crippen LogP contribution in [0.5, 0.6) is 0 Å². The van der Waals surface area contributed by atoms with Gasteiger partial charge in [0.1, 0.15) is 80.5 Å². The number of hydrogen-bond acceptors (Lipinski definition) is 22. The summed E-state index contributed by atoms with van der Waals surface area (Å²) >= 11 is 0. The van der Waals surface area contributed by atoms with Gasteiger partial charge in [-0.25, -0.2) is 24.0 Å². The van der Waals surface area contributed by atoms with Crippen LogP contribution in [-0.2, 0) is 65.3 Å². The number of ether oxygens (including phenoxy) is 9. The number of amides is 3. The first kappa shape index (κ1) is 82.7. The van der Waals surface area contributed by atoms with Crippen LogP contribution in [0.3, 0.4) is 0 Å². The fraction of sp³-hybridized carbons (Fsp3) is 0.506. The molecule has 6 aromatic rings. The number of piperidine rings is 1. The number of anilines is 2. The second-order valence-corrected chi connectivity index (χ2v) is 31.6. The molecule has 0 spiro atoms. The van der Waals surface area contributed by atoms with Crippen LogP contribution in [0.2, 0.25) is 0 Å². The number of nitrogens with zero attached hydrogens (tertiary/aromatic N) is 7. The second kappa shape index (κ2) is 38.9. The van der Waals surface area contributed by atoms with Crippen molar-refractivity contribution >= 4 is 53.8 Å². The van der Waals surface area contributed by atoms with Gasteiger partial charge < -0.3 is 58.2 Å². The molecule has 2 aromatic heterocycles. The molecular weight excluding hydrogens is 1460 g/mol. The highest BCUT2D eigenvalue weighted by Crippen LogP contribution is 2.64. The number of carbonyl (C=O) groups is 7. The Morgan fingerprint density at radius 3 is 1.42 bits per heavy atom. The molecule has 7 atom stereocenters. The summed E-state index contributed by atoms with van der Waals surface area (Å²) in [4.78, 5) is 129. The zero-order valence-electron chi connectivity index (χ0n) is 65.3. The summed E-state index contributed by atoms with van der Waals surface area (Å²) in [6.45, 7) is 10.5. The van der Waals surface area contributed by atoms with E-state index in [0.717, 1.165) is 85.1 Å². The Morgan fingerprint density at radius 1 is 0.553 bits per heavy atom. The van der Waals surface area contributed by atoms with Crippen LogP contribution >= 0.6 is 0 Å². The summed E-state index contributed by atoms with van der Waals surface area (Å²) in [5.41, 5.74) is 2.66. The molecule has 114 heavy (non-hydrogen) atoms. The van der Waals surface area contributed by atoms with Crippen molar-refractivity contribution in [1.82, 2.24) is 33.8 Å². The monoisotopic (exact) mass is 1560 g/mol. The van der Waals surface area contributed by atoms with Crippen LogP contribution in [0.4, 0.5) is 26.0 Å². The van der Waals surface area contributed by atoms with Crippen LogP contribution in [0.15, 0.2) is 143 Å². The number of hydrogen-bond donors (Lipinski definition) is 2. The molecule has 3 aliphatic heterocycles. The van der Waals surface area contributed by atoms with Crippen molar-refractivity contribution in [2.75, 3.05) is 69.8 Å². The van der Waals surface area contributed by atoms with E-state index in [0.29, 0.717) is 56.3 Å². The Kier molecular flexibility index (Phi) is 28.2. The lowest BCUT2D eigenvalue weighted by Gasteiger charge is -2.61. The Labute approximate surface area is 664 Å². The summed E-state index contributed by atoms with van der Waals surface area (Å²) in [5, 5.41) is 5.21. The normalized spacial score (nSPS) is 23.6. The van der Waals surface area contributed by atoms with Crippen LogP contribution in [0.1, 0.15) is 186 Å². The average Bonchev–Trinajstić information content (AvgIpc) is 0.804. The lowest BCUT2D eigenvalue weighted by atomic mass is 9.46. The topological polar surface area (TPSA) is 306 Å². The summed E-state index contributed by atoms with van der Waals surface area (Å²) in [6.07, 6.45) is 23.3. The van der Waals surface area contributed by atoms with Crippen molar-refractivity contribution in [3.63, 3.8) is 0 Å². The molecule has 8 fully saturated rings. The van der Waals surface area contributed by atoms with Gasteiger partial charge in [-0.15, -0.1) is 12.8 Å². The number of likely N-dealkylation sites (tertiary alicyclic amines) is 1. The molecule has 5 heterocycles. The molecule has 4 bridgehead atoms. The van der Waals surface area contributed by atoms with E-state index < -0.39 is 89.9 Å². The highest BCUT2D eigenvalue weighted by Gasteiger charge is 2.59. The van der Waals surface area contributed by atoms with Gasteiger partial charge in [-0.2, -0.15) is 9.97 Å². The molecule has 5 saturated carbocycles. The maximum absolute atomic E-state index is 14.2. The molecule has 27 heteroatoms. The molecule has 3 unspecified atom stereocenters. The summed E-state index contributed by atoms with van der Waals surface area (Å²) < 4.78 is 53.9. The minimum absolute atomic E-state index is 0.00671. The van der Waals surface area contributed by atoms with Crippen LogP contribution in [0, 0.1) is 53.8 Å². The van der Waals surface area contributed by atoms with Gasteiger partial charge in [0.05, 0.1) is 0 Å². The lowest BCUT2D eigenvalue weighted by Crippen LogP contribution is -2.59. The molecule has 3 amide bonds. The first-order valence-corrected chi connectivity index (χ1v) is 39.7. The van der Waals surface area contributed by atoms with Crippen LogP contribution in [-0.4, -0.2) is 171 Å². The predicted octanol–water partition coefficient (Wildman–Crippen LogP) is 12.3. The largest absolute Gasteiger partial charge is 0.508 e. The Morgan fingerprint density at radius 2 is 0.991 bits per heavy atom. The highest BCUT2D eigenvalue weighted by atomic mass is 16.7. The average molecular weight is 1560 g/mol. The number of nitrogens with one attached hydrogen (secondary N) is 2. The van der Waals surface area contributed by atoms with Crippen molar-refractivity contribution in [3.8, 4) is 24.7 Å². The summed E-state index contributed by atoms with van der Waals surface area (Å²) in [5.74, 6) is 6.33. The van der Waals surface area contributed by atoms with Crippen LogP contribution < -0.4 is 22.0 Å². The van der Waals surface area contributed by atoms with Gasteiger partial charge in [0.2, 0.25) is 0 Å². The summed E-state index contributed by atoms with van der Waals surface area (Å²) in [7, 11) is 0. The maximum Gasteiger partial charge on any atom is 0.508 e. The molecular formula is C87H103N9O18. The van der Waals surface area contributed by atoms with Gasteiger partial charge in [0.15, 0.2) is 0 Å². The fourth-order valence-corrected chi connectivity index (χ4v) is 17.7. The van der Waals surface area contributed by atoms with E-state index >= 15 is 0 Å². The second-order valence-electron chi connectivity index (χ2n) is 31.6. The molecule has 2 N–H and O–H groups in total. The van der Waals surface area contributed by atoms with E-state index in [1.165, 1.54) is 98.9 Å². The van der Waals surface area contributed by atoms with Gasteiger partial charge in [0, 0.05) is 119 Å². The van der Waals surface area contributed by atoms with E-state index in [1.807, 2.05) is 53.4 Å². The van der Waals surface area contributed by atoms with E-state index in [2.05, 4.69) is 56.1 Å². The van der Waals surface area contributed by atoms with Gasteiger partial charge in [-0.3, -0.25) is 38.1 Å². The molecule has 604 valence electrons. The molecule has 14 rings (SSSR count). The third-order valence-corrected chi connectivity index (χ3v) is 23.1. The molecule has 27 nitrogen and oxygen atoms in total. The van der Waals surface area contributed by atoms with Crippen molar-refractivity contribution in [1.29, 1.82) is 0 Å². The fourth-order valence-electron chi connectivity index (χ4n) is 17.7. The summed E-state index contributed by atoms with van der Waals surface area (Å²) in [6, 6.07) is 35.5. The molecule has 3 saturated heterocycles. The third kappa shape index (κ3) is 22.4. The Balaban J connectivity index is 0.000000220. The maximum atomic E-state index is 14.2. The van der Waals surface area contributed by atoms with Gasteiger partial charge in [-0.1, -0.05) is 91.8 Å². The number of terminal acetylenes is 2. The van der Waals surface area contributed by atoms with Crippen molar-refractivity contribution in [2.45, 2.75) is 192 Å². The minimum Gasteiger partial charge on any atom is -0.459 e. The van der Waals surface area contributed by atoms with Crippen LogP contribution in [0.25, 0.3) is 0 Å². The molecule has 4 aromatic carbocycles. The SMILES string of the molecule is C#Cc1ccc(CN(CCOC(=O)OC[C@H]2O[C@@H](n3ccc(NC(=O)c4ccccc4)nc3=O)CC2OC(C)=O)CC2CCCCC2)cc1.C#Cc1ccc(CN(CCOC(=O)OC[C@H]2O[C@@H](n3ccc(NC(=O)c4ccccc4)nc3=O)CC2OC(C)=O)CC2CCCCN2C(=O)OC(C)(C)C23CC4CC(CC(C4)C2)C3)cc1. The Bertz CT molecular complexity index is 4480. The molecule has 8 aliphatic rings. The lowest BCUT2D eigenvalue weighted by molar-refractivity contribution is -0.168. The van der Waals surface area contributed by atoms with Gasteiger partial charge in [-0.05, 0) is 180 Å². The zero-order chi connectivity index (χ0) is 80.3. The molecule has 5 aliphatic carbocycles. The number of carbonyl (C=O) groups excluding carboxylic acids is 7. The van der Waals surface area contributed by atoms with E-state index in [9.17, 15) is 43.2 Å². The van der Waals surface area contributed by atoms with E-state index in [4.69, 9.17) is 55.5 Å². The first-order chi connectivity index (χ1) is 55.0. The smallest absolute Gasteiger partial charge is 0.459 e. The van der Waals surface area contributed by atoms with E-state index in [-0.39, 0.29) is 68.5 Å². The minimum atomic E-state index is -0.941. The van der Waals surface area contributed by atoms with Crippen molar-refractivity contribution < 1.29 is 76.2 Å². The quantitative estimate of drug-likeness (QED) is 0.0262. The number of rotatable bonds is 28. The molecule has 0 radical (unpaired) electrons. The van der Waals surface area contributed by atoms with Gasteiger partial charge in [0.25, 0.3) is 11.8 Å². The Hall–Kier alpha value is -10.7. The van der Waals surface area contributed by atoms with E-state index in [1.54, 1.807) is 60.7 Å². The highest BCUT2D eigenvalue weighted by molar-refractivity contribution is 6.04. The number of benzene rings is 4. The zero-order valence-corrected chi connectivity index (χ0v) is 65.3. The van der Waals surface area contributed by atoms with Gasteiger partial charge >= 0.3 is 41.7 Å². The standard InChI is InChI=1S/C50H61N5O10.C37H42N4O8/c1-5-34-14-16-35(17-15-34)30-53(31-40-13-9-10-19-54(40)47(59)65-49(3,4)50-27-36-23-37(28-50)25-38(24-36)29-50)21-22-61-48(60)62-32-42-41(63-33(2)56)26-44(64-42)55-20-18-43(52-46(55)58)51-45(57)39-11-7-6-8-12-39;1-3-27-14-16-29(17-15-27)24-40(23-28-10-6-4-7-11-28)20-21-46-37(45)47-25-32-31(48-26(2)42)22-34(49-32)41-19-18-33(39-36(41)44)38-35(43)30-12-8-5-9-13-30/h1,6-8,11-12,14-18,20,36-38,40-42,44H,9-10,13,19,21-32H2,2-4H3,(H,51,52,57,58);1,5,8-9,12-19,28,31-32,34H,4,6-7,10-11,20-25H2,2H3,(H,38,39,43,44)/t36?,37?,38?,40?,41?,42-,44-,50?;31?,32-,34-/m11/s1. The first-order valence-electron chi connectivity index (χ1n) is 39.7. The predicted molar refractivity (Wildman–Crippen MR) is 420 cm³/mol. The van der Waals surface area contributed by atoms with Crippen molar-refractivity contribution in [2.24, 2.45) is 29.1 Å². The van der Waals surface area contributed by atoms with Crippen molar-refractivity contribution in [3.05, 3.63) is 188 Å². The number of aromatic nitrogens is 4. The third-order valence-electron chi connectivity index (χ3n) is 23.1.